The number of aliphatic hydroxyl groups excluding tert-OH is 1. The van der Waals surface area contributed by atoms with E-state index in [2.05, 4.69) is 0 Å². The van der Waals surface area contributed by atoms with Crippen LogP contribution in [0.25, 0.3) is 0 Å². The standard InChI is InChI=1S/C10H12ClFO/c1-7(6-13)8-3-2-4-10(11)9(8)5-12/h2-4,7,13H,5-6H2,1H3. The second kappa shape index (κ2) is 4.58. The normalized spacial score (nSPS) is 12.9. The molecule has 72 valence electrons. The van der Waals surface area contributed by atoms with Crippen LogP contribution < -0.4 is 0 Å². The summed E-state index contributed by atoms with van der Waals surface area (Å²) in [6.07, 6.45) is 0. The second-order valence-corrected chi connectivity index (χ2v) is 3.43. The summed E-state index contributed by atoms with van der Waals surface area (Å²) < 4.78 is 12.6. The van der Waals surface area contributed by atoms with E-state index in [1.54, 1.807) is 18.2 Å². The fraction of sp³-hybridized carbons (Fsp3) is 0.400. The van der Waals surface area contributed by atoms with E-state index in [1.165, 1.54) is 0 Å². The summed E-state index contributed by atoms with van der Waals surface area (Å²) in [5.74, 6) is -0.0653. The van der Waals surface area contributed by atoms with Crippen molar-refractivity contribution >= 4 is 11.6 Å². The van der Waals surface area contributed by atoms with Crippen molar-refractivity contribution in [2.75, 3.05) is 6.61 Å². The van der Waals surface area contributed by atoms with Crippen LogP contribution in [0.3, 0.4) is 0 Å². The molecule has 0 spiro atoms. The maximum Gasteiger partial charge on any atom is 0.116 e. The third-order valence-electron chi connectivity index (χ3n) is 2.09. The van der Waals surface area contributed by atoms with Gasteiger partial charge < -0.3 is 5.11 Å². The molecule has 0 fully saturated rings. The van der Waals surface area contributed by atoms with Gasteiger partial charge in [-0.15, -0.1) is 0 Å². The highest BCUT2D eigenvalue weighted by Crippen LogP contribution is 2.26. The summed E-state index contributed by atoms with van der Waals surface area (Å²) in [5.41, 5.74) is 1.28. The number of rotatable bonds is 3. The van der Waals surface area contributed by atoms with Crippen molar-refractivity contribution in [3.05, 3.63) is 34.3 Å². The lowest BCUT2D eigenvalue weighted by atomic mass is 9.97. The largest absolute Gasteiger partial charge is 0.396 e. The van der Waals surface area contributed by atoms with E-state index in [4.69, 9.17) is 16.7 Å². The van der Waals surface area contributed by atoms with Gasteiger partial charge in [0.2, 0.25) is 0 Å². The van der Waals surface area contributed by atoms with Crippen LogP contribution in [0.5, 0.6) is 0 Å². The Kier molecular flexibility index (Phi) is 3.70. The maximum absolute atomic E-state index is 12.6. The number of hydrogen-bond donors (Lipinski definition) is 1. The Morgan fingerprint density at radius 1 is 1.54 bits per heavy atom. The highest BCUT2D eigenvalue weighted by atomic mass is 35.5. The third kappa shape index (κ3) is 2.20. The molecular weight excluding hydrogens is 191 g/mol. The van der Waals surface area contributed by atoms with E-state index in [9.17, 15) is 4.39 Å². The average molecular weight is 203 g/mol. The SMILES string of the molecule is CC(CO)c1cccc(Cl)c1CF. The number of alkyl halides is 1. The Morgan fingerprint density at radius 3 is 2.77 bits per heavy atom. The zero-order chi connectivity index (χ0) is 9.84. The molecule has 0 amide bonds. The molecule has 0 aromatic heterocycles. The van der Waals surface area contributed by atoms with Gasteiger partial charge >= 0.3 is 0 Å². The lowest BCUT2D eigenvalue weighted by Gasteiger charge is -2.13. The van der Waals surface area contributed by atoms with Gasteiger partial charge in [0.05, 0.1) is 0 Å². The number of halogens is 2. The summed E-state index contributed by atoms with van der Waals surface area (Å²) in [6, 6.07) is 5.22. The molecule has 0 saturated carbocycles. The van der Waals surface area contributed by atoms with Crippen LogP contribution in [-0.4, -0.2) is 11.7 Å². The minimum absolute atomic E-state index is 0.00728. The number of aliphatic hydroxyl groups is 1. The van der Waals surface area contributed by atoms with Gasteiger partial charge in [0.15, 0.2) is 0 Å². The van der Waals surface area contributed by atoms with Gasteiger partial charge in [-0.1, -0.05) is 30.7 Å². The van der Waals surface area contributed by atoms with Crippen LogP contribution in [0, 0.1) is 0 Å². The quantitative estimate of drug-likeness (QED) is 0.799. The van der Waals surface area contributed by atoms with Crippen molar-refractivity contribution in [2.45, 2.75) is 19.5 Å². The van der Waals surface area contributed by atoms with Crippen LogP contribution in [0.2, 0.25) is 5.02 Å². The molecule has 0 heterocycles. The summed E-state index contributed by atoms with van der Waals surface area (Å²) in [5, 5.41) is 9.36. The maximum atomic E-state index is 12.6. The van der Waals surface area contributed by atoms with Gasteiger partial charge in [-0.05, 0) is 11.6 Å². The van der Waals surface area contributed by atoms with Crippen LogP contribution in [0.4, 0.5) is 4.39 Å². The molecule has 1 rings (SSSR count). The topological polar surface area (TPSA) is 20.2 Å². The first-order valence-corrected chi connectivity index (χ1v) is 4.52. The second-order valence-electron chi connectivity index (χ2n) is 3.02. The van der Waals surface area contributed by atoms with Crippen molar-refractivity contribution < 1.29 is 9.50 Å². The van der Waals surface area contributed by atoms with Crippen molar-refractivity contribution in [2.24, 2.45) is 0 Å². The molecule has 0 radical (unpaired) electrons. The molecule has 0 aliphatic heterocycles. The predicted molar refractivity (Wildman–Crippen MR) is 51.8 cm³/mol. The van der Waals surface area contributed by atoms with Gasteiger partial charge in [-0.2, -0.15) is 0 Å². The molecule has 1 aromatic carbocycles. The Bertz CT molecular complexity index is 288. The highest BCUT2D eigenvalue weighted by molar-refractivity contribution is 6.31. The molecular formula is C10H12ClFO. The van der Waals surface area contributed by atoms with Crippen LogP contribution in [-0.2, 0) is 6.67 Å². The minimum atomic E-state index is -0.584. The fourth-order valence-electron chi connectivity index (χ4n) is 1.28. The van der Waals surface area contributed by atoms with E-state index in [1.807, 2.05) is 6.92 Å². The molecule has 0 saturated heterocycles. The molecule has 3 heteroatoms. The molecule has 1 N–H and O–H groups in total. The molecule has 0 bridgehead atoms. The summed E-state index contributed by atoms with van der Waals surface area (Å²) in [4.78, 5) is 0. The zero-order valence-corrected chi connectivity index (χ0v) is 8.18. The van der Waals surface area contributed by atoms with Crippen molar-refractivity contribution in [1.82, 2.24) is 0 Å². The number of hydrogen-bond acceptors (Lipinski definition) is 1. The molecule has 1 nitrogen and oxygen atoms in total. The van der Waals surface area contributed by atoms with Crippen LogP contribution >= 0.6 is 11.6 Å². The van der Waals surface area contributed by atoms with Crippen molar-refractivity contribution in [1.29, 1.82) is 0 Å². The van der Waals surface area contributed by atoms with E-state index < -0.39 is 6.67 Å². The Balaban J connectivity index is 3.12. The van der Waals surface area contributed by atoms with Crippen molar-refractivity contribution in [3.8, 4) is 0 Å². The number of benzene rings is 1. The first-order valence-electron chi connectivity index (χ1n) is 4.14. The molecule has 1 unspecified atom stereocenters. The smallest absolute Gasteiger partial charge is 0.116 e. The molecule has 1 atom stereocenters. The Labute approximate surface area is 82.2 Å². The lowest BCUT2D eigenvalue weighted by molar-refractivity contribution is 0.272. The molecule has 0 aliphatic rings. The van der Waals surface area contributed by atoms with Crippen LogP contribution in [0.1, 0.15) is 24.0 Å². The fourth-order valence-corrected chi connectivity index (χ4v) is 1.51. The molecule has 13 heavy (non-hydrogen) atoms. The first-order chi connectivity index (χ1) is 6.20. The first kappa shape index (κ1) is 10.5. The van der Waals surface area contributed by atoms with Crippen LogP contribution in [0.15, 0.2) is 18.2 Å². The molecule has 1 aromatic rings. The molecule has 0 aliphatic carbocycles. The van der Waals surface area contributed by atoms with Gasteiger partial charge in [0, 0.05) is 23.1 Å². The Hall–Kier alpha value is -0.600. The minimum Gasteiger partial charge on any atom is -0.396 e. The third-order valence-corrected chi connectivity index (χ3v) is 2.45. The average Bonchev–Trinajstić information content (AvgIpc) is 2.16. The van der Waals surface area contributed by atoms with E-state index in [-0.39, 0.29) is 12.5 Å². The zero-order valence-electron chi connectivity index (χ0n) is 7.43. The summed E-state index contributed by atoms with van der Waals surface area (Å²) in [6.45, 7) is 1.26. The van der Waals surface area contributed by atoms with Gasteiger partial charge in [0.25, 0.3) is 0 Å². The lowest BCUT2D eigenvalue weighted by Crippen LogP contribution is -2.02. The van der Waals surface area contributed by atoms with Crippen molar-refractivity contribution in [3.63, 3.8) is 0 Å². The van der Waals surface area contributed by atoms with E-state index >= 15 is 0 Å². The van der Waals surface area contributed by atoms with E-state index in [0.29, 0.717) is 10.6 Å². The monoisotopic (exact) mass is 202 g/mol. The predicted octanol–water partition coefficient (Wildman–Crippen LogP) is 2.91. The summed E-state index contributed by atoms with van der Waals surface area (Å²) in [7, 11) is 0. The highest BCUT2D eigenvalue weighted by Gasteiger charge is 2.11. The Morgan fingerprint density at radius 2 is 2.23 bits per heavy atom. The summed E-state index contributed by atoms with van der Waals surface area (Å²) >= 11 is 5.81. The van der Waals surface area contributed by atoms with E-state index in [0.717, 1.165) is 5.56 Å². The van der Waals surface area contributed by atoms with Gasteiger partial charge in [0.1, 0.15) is 6.67 Å². The van der Waals surface area contributed by atoms with Gasteiger partial charge in [-0.25, -0.2) is 4.39 Å². The van der Waals surface area contributed by atoms with Gasteiger partial charge in [-0.3, -0.25) is 0 Å².